The van der Waals surface area contributed by atoms with Crippen LogP contribution in [0.15, 0.2) is 97.1 Å². The number of halogens is 2. The second kappa shape index (κ2) is 14.2. The molecular formula is C40H42Cl2Zr-2. The third-order valence-electron chi connectivity index (χ3n) is 8.86. The maximum absolute atomic E-state index is 2.51. The summed E-state index contributed by atoms with van der Waals surface area (Å²) in [6.45, 7) is 16.1. The van der Waals surface area contributed by atoms with Crippen LogP contribution in [0, 0.1) is 6.42 Å². The molecule has 0 saturated heterocycles. The molecule has 0 atom stereocenters. The Labute approximate surface area is 287 Å². The van der Waals surface area contributed by atoms with Gasteiger partial charge in [-0.05, 0) is 70.2 Å². The molecule has 7 rings (SSSR count). The van der Waals surface area contributed by atoms with Gasteiger partial charge in [-0.1, -0.05) is 62.9 Å². The summed E-state index contributed by atoms with van der Waals surface area (Å²) in [5.74, 6) is 0. The summed E-state index contributed by atoms with van der Waals surface area (Å²) in [6, 6.07) is 30.4. The Bertz CT molecular complexity index is 1530. The fourth-order valence-corrected chi connectivity index (χ4v) is 6.59. The molecule has 0 amide bonds. The minimum atomic E-state index is 0. The molecule has 43 heavy (non-hydrogen) atoms. The fourth-order valence-electron chi connectivity index (χ4n) is 6.18. The molecule has 0 aromatic heterocycles. The van der Waals surface area contributed by atoms with Gasteiger partial charge in [-0.15, -0.1) is 12.5 Å². The zero-order valence-electron chi connectivity index (χ0n) is 26.5. The fraction of sp³-hybridized carbons (Fsp3) is 0.275. The molecule has 3 aliphatic carbocycles. The average Bonchev–Trinajstić information content (AvgIpc) is 3.65. The van der Waals surface area contributed by atoms with E-state index in [-0.39, 0.29) is 35.6 Å². The predicted octanol–water partition coefficient (Wildman–Crippen LogP) is 4.43. The molecule has 0 fully saturated rings. The number of rotatable bonds is 1. The standard InChI is InChI=1S/C27H29.C8H8.C5H5.2ClH.Zr/c1-16-7-9-26(3,4)24-12-18-11-19-13-25-21(17(2)8-10-27(25,5)6)15-23(19)22(18)14-20(16)24;1-2-8-6-4-3-5-7-8;1-2-4-5-3-1;;;/h7-9,12-15H,10-11H2,1-6H3;3-7H,1H3;1-5H;2*1H;/q-1;;-1;;;+2/p-2. The molecule has 0 spiro atoms. The largest absolute Gasteiger partial charge is 1.00 e. The summed E-state index contributed by atoms with van der Waals surface area (Å²) in [7, 11) is 0. The van der Waals surface area contributed by atoms with Gasteiger partial charge in [-0.2, -0.15) is 23.8 Å². The van der Waals surface area contributed by atoms with E-state index in [0.29, 0.717) is 0 Å². The Morgan fingerprint density at radius 2 is 1.28 bits per heavy atom. The van der Waals surface area contributed by atoms with Gasteiger partial charge in [0.15, 0.2) is 0 Å². The van der Waals surface area contributed by atoms with Crippen molar-refractivity contribution >= 4 is 14.4 Å². The van der Waals surface area contributed by atoms with Crippen LogP contribution >= 0.6 is 0 Å². The number of hydrogen-bond acceptors (Lipinski definition) is 0. The van der Waals surface area contributed by atoms with E-state index in [1.54, 1.807) is 0 Å². The van der Waals surface area contributed by atoms with Gasteiger partial charge in [0, 0.05) is 0 Å². The van der Waals surface area contributed by atoms with E-state index in [9.17, 15) is 0 Å². The molecule has 3 aliphatic rings. The second-order valence-corrected chi connectivity index (χ2v) is 14.8. The summed E-state index contributed by atoms with van der Waals surface area (Å²) in [5.41, 5.74) is 16.4. The van der Waals surface area contributed by atoms with Crippen LogP contribution in [0.2, 0.25) is 0 Å². The third kappa shape index (κ3) is 7.50. The van der Waals surface area contributed by atoms with Crippen molar-refractivity contribution in [1.82, 2.24) is 0 Å². The predicted molar refractivity (Wildman–Crippen MR) is 175 cm³/mol. The zero-order valence-corrected chi connectivity index (χ0v) is 30.5. The van der Waals surface area contributed by atoms with Gasteiger partial charge in [-0.25, -0.2) is 24.6 Å². The van der Waals surface area contributed by atoms with Crippen LogP contribution in [0.1, 0.15) is 93.8 Å². The van der Waals surface area contributed by atoms with E-state index in [4.69, 9.17) is 0 Å². The normalized spacial score (nSPS) is 15.7. The third-order valence-corrected chi connectivity index (χ3v) is 9.57. The molecule has 0 radical (unpaired) electrons. The zero-order chi connectivity index (χ0) is 29.4. The average molecular weight is 685 g/mol. The molecule has 0 N–H and O–H groups in total. The van der Waals surface area contributed by atoms with Gasteiger partial charge in [0.2, 0.25) is 0 Å². The Hall–Kier alpha value is -2.31. The van der Waals surface area contributed by atoms with Gasteiger partial charge in [0.05, 0.1) is 0 Å². The summed E-state index contributed by atoms with van der Waals surface area (Å²) in [5, 5.41) is 0. The van der Waals surface area contributed by atoms with Crippen LogP contribution in [0.3, 0.4) is 0 Å². The number of hydrogen-bond donors (Lipinski definition) is 0. The Morgan fingerprint density at radius 3 is 1.79 bits per heavy atom. The van der Waals surface area contributed by atoms with E-state index in [0.717, 1.165) is 12.8 Å². The van der Waals surface area contributed by atoms with Gasteiger partial charge in [-0.3, -0.25) is 0 Å². The van der Waals surface area contributed by atoms with E-state index < -0.39 is 0 Å². The van der Waals surface area contributed by atoms with Gasteiger partial charge in [0.1, 0.15) is 0 Å². The summed E-state index contributed by atoms with van der Waals surface area (Å²) in [4.78, 5) is 0. The van der Waals surface area contributed by atoms with Crippen molar-refractivity contribution in [3.8, 4) is 11.1 Å². The monoisotopic (exact) mass is 682 g/mol. The van der Waals surface area contributed by atoms with Crippen LogP contribution in [-0.2, 0) is 41.5 Å². The van der Waals surface area contributed by atoms with Crippen LogP contribution in [0.4, 0.5) is 0 Å². The van der Waals surface area contributed by atoms with Crippen molar-refractivity contribution < 1.29 is 49.0 Å². The first-order valence-corrected chi connectivity index (χ1v) is 16.0. The number of benzene rings is 3. The molecule has 222 valence electrons. The molecule has 0 saturated carbocycles. The van der Waals surface area contributed by atoms with Crippen LogP contribution in [0.5, 0.6) is 0 Å². The Morgan fingerprint density at radius 1 is 0.721 bits per heavy atom. The first-order chi connectivity index (χ1) is 19.5. The molecule has 4 aromatic rings. The van der Waals surface area contributed by atoms with E-state index in [1.165, 1.54) is 88.7 Å². The quantitative estimate of drug-likeness (QED) is 0.230. The molecule has 0 nitrogen and oxygen atoms in total. The van der Waals surface area contributed by atoms with Gasteiger partial charge >= 0.3 is 70.3 Å². The molecule has 0 bridgehead atoms. The van der Waals surface area contributed by atoms with Crippen molar-refractivity contribution in [3.63, 3.8) is 0 Å². The van der Waals surface area contributed by atoms with Crippen molar-refractivity contribution in [2.24, 2.45) is 0 Å². The van der Waals surface area contributed by atoms with Crippen molar-refractivity contribution in [1.29, 1.82) is 0 Å². The van der Waals surface area contributed by atoms with Crippen molar-refractivity contribution in [3.05, 3.63) is 142 Å². The van der Waals surface area contributed by atoms with Gasteiger partial charge in [0.25, 0.3) is 0 Å². The van der Waals surface area contributed by atoms with Crippen LogP contribution < -0.4 is 24.8 Å². The van der Waals surface area contributed by atoms with E-state index in [2.05, 4.69) is 116 Å². The molecule has 0 aliphatic heterocycles. The summed E-state index contributed by atoms with van der Waals surface area (Å²) in [6.07, 6.45) is 9.28. The van der Waals surface area contributed by atoms with Crippen LogP contribution in [0.25, 0.3) is 22.3 Å². The Balaban J connectivity index is 0.000000263. The maximum atomic E-state index is 2.51. The molecule has 0 heterocycles. The van der Waals surface area contributed by atoms with Gasteiger partial charge < -0.3 is 24.8 Å². The van der Waals surface area contributed by atoms with Crippen LogP contribution in [-0.4, -0.2) is 3.21 Å². The molecule has 0 unspecified atom stereocenters. The smallest absolute Gasteiger partial charge is 0.172 e. The van der Waals surface area contributed by atoms with E-state index >= 15 is 0 Å². The van der Waals surface area contributed by atoms with Crippen molar-refractivity contribution in [2.75, 3.05) is 0 Å². The molecule has 3 heteroatoms. The summed E-state index contributed by atoms with van der Waals surface area (Å²) >= 11 is 1.51. The topological polar surface area (TPSA) is 0 Å². The Kier molecular flexibility index (Phi) is 11.6. The summed E-state index contributed by atoms with van der Waals surface area (Å²) < 4.78 is 1.46. The first kappa shape index (κ1) is 35.2. The first-order valence-electron chi connectivity index (χ1n) is 14.8. The maximum Gasteiger partial charge on any atom is -0.172 e. The number of fused-ring (bicyclic) bond motifs is 5. The number of allylic oxidation sites excluding steroid dienone is 4. The molecular weight excluding hydrogens is 643 g/mol. The second-order valence-electron chi connectivity index (χ2n) is 13.0. The minimum absolute atomic E-state index is 0. The molecule has 4 aromatic carbocycles. The van der Waals surface area contributed by atoms with E-state index in [1.807, 2.05) is 36.4 Å². The minimum Gasteiger partial charge on any atom is -1.00 e. The SMILES string of the molecule is CC1=C[CH-]C(C)(C)c2cc3c(cc21)-c1cc2c(cc1C3)C(C)(C)CC=C2C.C[C](=[Zr+2])c1ccccc1.[Cl-].[Cl-].c1cc[cH-]c1. The van der Waals surface area contributed by atoms with Crippen molar-refractivity contribution in [2.45, 2.75) is 72.1 Å².